The number of aliphatic hydroxyl groups is 1. The van der Waals surface area contributed by atoms with E-state index in [0.29, 0.717) is 12.5 Å². The predicted octanol–water partition coefficient (Wildman–Crippen LogP) is 5.46. The summed E-state index contributed by atoms with van der Waals surface area (Å²) < 4.78 is 0. The Kier molecular flexibility index (Phi) is 11.7. The van der Waals surface area contributed by atoms with Crippen LogP contribution in [-0.4, -0.2) is 25.0 Å². The molecule has 0 aliphatic heterocycles. The van der Waals surface area contributed by atoms with Crippen LogP contribution in [0, 0.1) is 5.92 Å². The van der Waals surface area contributed by atoms with Crippen LogP contribution in [0.2, 0.25) is 21.0 Å². The molecule has 18 heavy (non-hydrogen) atoms. The van der Waals surface area contributed by atoms with E-state index in [1.807, 2.05) is 0 Å². The Hall–Kier alpha value is 0.503. The molecule has 1 nitrogen and oxygen atoms in total. The molecule has 0 aliphatic rings. The van der Waals surface area contributed by atoms with Crippen LogP contribution in [0.4, 0.5) is 0 Å². The molecule has 0 saturated carbocycles. The Bertz CT molecular complexity index is 160. The first kappa shape index (κ1) is 18.5. The van der Waals surface area contributed by atoms with Crippen LogP contribution in [-0.2, 0) is 0 Å². The summed E-state index contributed by atoms with van der Waals surface area (Å²) in [4.78, 5) is 0. The molecule has 0 amide bonds. The molecule has 1 atom stereocenters. The van der Waals surface area contributed by atoms with Crippen LogP contribution in [0.3, 0.4) is 0 Å². The molecular formula is C16H36GeO. The normalized spacial score (nSPS) is 13.8. The molecule has 0 spiro atoms. The Morgan fingerprint density at radius 3 is 1.50 bits per heavy atom. The molecular weight excluding hydrogens is 281 g/mol. The van der Waals surface area contributed by atoms with Gasteiger partial charge in [0.05, 0.1) is 0 Å². The second-order valence-corrected chi connectivity index (χ2v) is 16.6. The summed E-state index contributed by atoms with van der Waals surface area (Å²) in [6.07, 6.45) is 8.35. The minimum atomic E-state index is -1.67. The van der Waals surface area contributed by atoms with Crippen molar-refractivity contribution in [2.24, 2.45) is 5.92 Å². The zero-order valence-electron chi connectivity index (χ0n) is 13.3. The fraction of sp³-hybridized carbons (Fsp3) is 1.00. The van der Waals surface area contributed by atoms with Crippen molar-refractivity contribution in [2.75, 3.05) is 6.61 Å². The number of rotatable bonds is 12. The van der Waals surface area contributed by atoms with E-state index >= 15 is 0 Å². The SMILES string of the molecule is CCC[CH2][Ge]([CH2]CCC)([CH2]CCC)[CH2]C(C)CO. The van der Waals surface area contributed by atoms with Gasteiger partial charge in [-0.3, -0.25) is 0 Å². The average molecular weight is 317 g/mol. The molecule has 0 rings (SSSR count). The topological polar surface area (TPSA) is 20.2 Å². The summed E-state index contributed by atoms with van der Waals surface area (Å²) in [5, 5.41) is 15.5. The Labute approximate surface area is 118 Å². The fourth-order valence-electron chi connectivity index (χ4n) is 3.14. The first-order valence-electron chi connectivity index (χ1n) is 8.25. The van der Waals surface area contributed by atoms with E-state index < -0.39 is 13.3 Å². The second-order valence-electron chi connectivity index (χ2n) is 6.30. The molecule has 0 aromatic heterocycles. The first-order chi connectivity index (χ1) is 8.64. The third kappa shape index (κ3) is 7.83. The second kappa shape index (κ2) is 11.3. The summed E-state index contributed by atoms with van der Waals surface area (Å²) in [6.45, 7) is 9.62. The van der Waals surface area contributed by atoms with Gasteiger partial charge < -0.3 is 0 Å². The van der Waals surface area contributed by atoms with Gasteiger partial charge in [0.2, 0.25) is 0 Å². The number of aliphatic hydroxyl groups excluding tert-OH is 1. The Morgan fingerprint density at radius 2 is 1.22 bits per heavy atom. The van der Waals surface area contributed by atoms with Gasteiger partial charge in [0.25, 0.3) is 0 Å². The molecule has 1 unspecified atom stereocenters. The van der Waals surface area contributed by atoms with Crippen LogP contribution in [0.15, 0.2) is 0 Å². The van der Waals surface area contributed by atoms with E-state index in [2.05, 4.69) is 27.7 Å². The summed E-state index contributed by atoms with van der Waals surface area (Å²) in [7, 11) is 0. The Morgan fingerprint density at radius 1 is 0.833 bits per heavy atom. The van der Waals surface area contributed by atoms with Crippen LogP contribution in [0.25, 0.3) is 0 Å². The van der Waals surface area contributed by atoms with Crippen LogP contribution in [0.5, 0.6) is 0 Å². The predicted molar refractivity (Wildman–Crippen MR) is 86.0 cm³/mol. The van der Waals surface area contributed by atoms with E-state index in [1.165, 1.54) is 43.8 Å². The van der Waals surface area contributed by atoms with Crippen LogP contribution in [0.1, 0.15) is 66.2 Å². The monoisotopic (exact) mass is 318 g/mol. The number of unbranched alkanes of at least 4 members (excludes halogenated alkanes) is 3. The summed E-state index contributed by atoms with van der Waals surface area (Å²) >= 11 is -1.67. The maximum absolute atomic E-state index is 9.40. The summed E-state index contributed by atoms with van der Waals surface area (Å²) in [5.74, 6) is 0.551. The van der Waals surface area contributed by atoms with Gasteiger partial charge >= 0.3 is 118 Å². The molecule has 0 aromatic carbocycles. The van der Waals surface area contributed by atoms with Crippen LogP contribution >= 0.6 is 0 Å². The zero-order chi connectivity index (χ0) is 13.9. The molecule has 0 fully saturated rings. The van der Waals surface area contributed by atoms with Gasteiger partial charge in [-0.15, -0.1) is 0 Å². The molecule has 0 radical (unpaired) electrons. The number of hydrogen-bond donors (Lipinski definition) is 1. The molecule has 0 bridgehead atoms. The van der Waals surface area contributed by atoms with E-state index in [9.17, 15) is 5.11 Å². The molecule has 0 aliphatic carbocycles. The molecule has 2 heteroatoms. The van der Waals surface area contributed by atoms with E-state index in [0.717, 1.165) is 0 Å². The standard InChI is InChI=1S/C16H36GeO/c1-5-8-11-17(12-9-6-2,13-10-7-3)14-16(4)15-18/h16,18H,5-15H2,1-4H3. The van der Waals surface area contributed by atoms with Gasteiger partial charge in [0.15, 0.2) is 0 Å². The van der Waals surface area contributed by atoms with E-state index in [1.54, 1.807) is 15.8 Å². The third-order valence-corrected chi connectivity index (χ3v) is 16.5. The van der Waals surface area contributed by atoms with Gasteiger partial charge in [-0.25, -0.2) is 0 Å². The quantitative estimate of drug-likeness (QED) is 0.474. The van der Waals surface area contributed by atoms with Crippen molar-refractivity contribution < 1.29 is 5.11 Å². The van der Waals surface area contributed by atoms with Crippen molar-refractivity contribution in [2.45, 2.75) is 87.2 Å². The summed E-state index contributed by atoms with van der Waals surface area (Å²) in [6, 6.07) is 0. The molecule has 0 saturated heterocycles. The molecule has 1 N–H and O–H groups in total. The van der Waals surface area contributed by atoms with Gasteiger partial charge in [-0.1, -0.05) is 0 Å². The molecule has 110 valence electrons. The van der Waals surface area contributed by atoms with Gasteiger partial charge in [-0.05, 0) is 0 Å². The van der Waals surface area contributed by atoms with Crippen molar-refractivity contribution in [3.05, 3.63) is 0 Å². The Balaban J connectivity index is 4.61. The van der Waals surface area contributed by atoms with Crippen molar-refractivity contribution >= 4 is 13.3 Å². The molecule has 0 aromatic rings. The van der Waals surface area contributed by atoms with E-state index in [4.69, 9.17) is 0 Å². The van der Waals surface area contributed by atoms with Crippen molar-refractivity contribution in [1.82, 2.24) is 0 Å². The minimum absolute atomic E-state index is 0.400. The van der Waals surface area contributed by atoms with Gasteiger partial charge in [0, 0.05) is 0 Å². The first-order valence-corrected chi connectivity index (χ1v) is 14.2. The fourth-order valence-corrected chi connectivity index (χ4v) is 16.3. The maximum atomic E-state index is 9.40. The summed E-state index contributed by atoms with van der Waals surface area (Å²) in [5.41, 5.74) is 0. The van der Waals surface area contributed by atoms with Gasteiger partial charge in [-0.2, -0.15) is 0 Å². The average Bonchev–Trinajstić information content (AvgIpc) is 2.40. The molecule has 0 heterocycles. The van der Waals surface area contributed by atoms with Crippen molar-refractivity contribution in [3.8, 4) is 0 Å². The third-order valence-electron chi connectivity index (χ3n) is 4.28. The van der Waals surface area contributed by atoms with Crippen molar-refractivity contribution in [3.63, 3.8) is 0 Å². The van der Waals surface area contributed by atoms with Gasteiger partial charge in [0.1, 0.15) is 0 Å². The van der Waals surface area contributed by atoms with Crippen molar-refractivity contribution in [1.29, 1.82) is 0 Å². The van der Waals surface area contributed by atoms with Crippen LogP contribution < -0.4 is 0 Å². The van der Waals surface area contributed by atoms with E-state index in [-0.39, 0.29) is 0 Å². The number of hydrogen-bond acceptors (Lipinski definition) is 1. The zero-order valence-corrected chi connectivity index (χ0v) is 15.4.